The molecule has 236 valence electrons. The predicted molar refractivity (Wildman–Crippen MR) is 211 cm³/mol. The molecule has 0 amide bonds. The van der Waals surface area contributed by atoms with Crippen molar-refractivity contribution in [1.82, 2.24) is 0 Å². The number of hydrogen-bond donors (Lipinski definition) is 1. The Morgan fingerprint density at radius 3 is 1.98 bits per heavy atom. The Morgan fingerprint density at radius 1 is 0.540 bits per heavy atom. The average molecular weight is 660 g/mol. The zero-order valence-electron chi connectivity index (χ0n) is 26.9. The molecule has 0 saturated carbocycles. The summed E-state index contributed by atoms with van der Waals surface area (Å²) in [7, 11) is 0. The Labute approximate surface area is 292 Å². The second kappa shape index (κ2) is 12.5. The van der Waals surface area contributed by atoms with E-state index in [0.29, 0.717) is 11.4 Å². The highest BCUT2D eigenvalue weighted by Crippen LogP contribution is 2.37. The standard InChI is InChI=1S/C45H29N3OS/c46-44(34-22-24-41-39(27-34)38-26-33(21-23-40(38)49-41)31-14-5-2-6-15-31)48-45(37-19-10-18-36-35-17-7-8-20-42(35)50-43(36)37)47-28-29-11-9-16-32(25-29)30-12-3-1-4-13-30/h1-28,46H. The van der Waals surface area contributed by atoms with E-state index in [1.54, 1.807) is 11.3 Å². The molecule has 0 unspecified atom stereocenters. The number of aliphatic imine (C=N–C) groups is 2. The summed E-state index contributed by atoms with van der Waals surface area (Å²) in [6.07, 6.45) is 1.85. The number of furan rings is 1. The molecule has 9 rings (SSSR count). The summed E-state index contributed by atoms with van der Waals surface area (Å²) in [5, 5.41) is 13.6. The Balaban J connectivity index is 1.16. The monoisotopic (exact) mass is 659 g/mol. The first-order valence-electron chi connectivity index (χ1n) is 16.5. The van der Waals surface area contributed by atoms with Gasteiger partial charge in [0.25, 0.3) is 0 Å². The lowest BCUT2D eigenvalue weighted by Gasteiger charge is -2.06. The second-order valence-electron chi connectivity index (χ2n) is 12.2. The minimum Gasteiger partial charge on any atom is -0.456 e. The molecule has 7 aromatic carbocycles. The van der Waals surface area contributed by atoms with E-state index in [2.05, 4.69) is 91.0 Å². The van der Waals surface area contributed by atoms with Crippen molar-refractivity contribution in [1.29, 1.82) is 5.41 Å². The van der Waals surface area contributed by atoms with Crippen molar-refractivity contribution in [2.45, 2.75) is 0 Å². The Hall–Kier alpha value is -6.43. The summed E-state index contributed by atoms with van der Waals surface area (Å²) in [6.45, 7) is 0. The molecule has 4 nitrogen and oxygen atoms in total. The van der Waals surface area contributed by atoms with Gasteiger partial charge < -0.3 is 4.42 Å². The molecule has 0 aliphatic heterocycles. The smallest absolute Gasteiger partial charge is 0.163 e. The van der Waals surface area contributed by atoms with Crippen molar-refractivity contribution in [2.75, 3.05) is 0 Å². The molecule has 50 heavy (non-hydrogen) atoms. The third kappa shape index (κ3) is 5.50. The van der Waals surface area contributed by atoms with Crippen molar-refractivity contribution in [3.05, 3.63) is 180 Å². The van der Waals surface area contributed by atoms with Crippen LogP contribution in [-0.2, 0) is 0 Å². The molecule has 5 heteroatoms. The molecule has 0 aliphatic carbocycles. The summed E-state index contributed by atoms with van der Waals surface area (Å²) in [6, 6.07) is 55.8. The number of fused-ring (bicyclic) bond motifs is 6. The molecule has 0 spiro atoms. The van der Waals surface area contributed by atoms with Gasteiger partial charge in [0.05, 0.1) is 0 Å². The number of amidine groups is 2. The fourth-order valence-electron chi connectivity index (χ4n) is 6.55. The lowest BCUT2D eigenvalue weighted by molar-refractivity contribution is 0.669. The van der Waals surface area contributed by atoms with Gasteiger partial charge in [0.15, 0.2) is 11.7 Å². The van der Waals surface area contributed by atoms with Crippen LogP contribution >= 0.6 is 11.3 Å². The van der Waals surface area contributed by atoms with Crippen LogP contribution in [0, 0.1) is 5.41 Å². The summed E-state index contributed by atoms with van der Waals surface area (Å²) in [4.78, 5) is 9.95. The molecule has 9 aromatic rings. The highest BCUT2D eigenvalue weighted by molar-refractivity contribution is 7.26. The molecule has 0 bridgehead atoms. The van der Waals surface area contributed by atoms with E-state index in [0.717, 1.165) is 65.4 Å². The zero-order chi connectivity index (χ0) is 33.4. The molecule has 2 heterocycles. The van der Waals surface area contributed by atoms with E-state index >= 15 is 0 Å². The number of thiophene rings is 1. The van der Waals surface area contributed by atoms with Gasteiger partial charge in [0, 0.05) is 48.3 Å². The van der Waals surface area contributed by atoms with Crippen molar-refractivity contribution < 1.29 is 4.42 Å². The van der Waals surface area contributed by atoms with Gasteiger partial charge in [-0.3, -0.25) is 5.41 Å². The number of hydrogen-bond acceptors (Lipinski definition) is 3. The molecule has 1 N–H and O–H groups in total. The van der Waals surface area contributed by atoms with E-state index in [-0.39, 0.29) is 5.84 Å². The molecule has 0 fully saturated rings. The maximum Gasteiger partial charge on any atom is 0.163 e. The number of nitrogens with zero attached hydrogens (tertiary/aromatic N) is 2. The van der Waals surface area contributed by atoms with E-state index in [1.165, 1.54) is 10.1 Å². The fourth-order valence-corrected chi connectivity index (χ4v) is 7.76. The number of nitrogens with one attached hydrogen (secondary N) is 1. The third-order valence-corrected chi connectivity index (χ3v) is 10.3. The SMILES string of the molecule is N=C(N=C(N=Cc1cccc(-c2ccccc2)c1)c1cccc2c1sc1ccccc12)c1ccc2oc3ccc(-c4ccccc4)cc3c2c1. The van der Waals surface area contributed by atoms with E-state index in [9.17, 15) is 5.41 Å². The van der Waals surface area contributed by atoms with Crippen molar-refractivity contribution in [3.8, 4) is 22.3 Å². The normalized spacial score (nSPS) is 12.1. The molecule has 2 aromatic heterocycles. The Morgan fingerprint density at radius 2 is 1.18 bits per heavy atom. The molecule has 0 radical (unpaired) electrons. The third-order valence-electron chi connectivity index (χ3n) is 9.04. The van der Waals surface area contributed by atoms with Crippen molar-refractivity contribution in [3.63, 3.8) is 0 Å². The lowest BCUT2D eigenvalue weighted by atomic mass is 10.0. The molecule has 0 saturated heterocycles. The first kappa shape index (κ1) is 29.7. The van der Waals surface area contributed by atoms with Crippen LogP contribution in [0.2, 0.25) is 0 Å². The van der Waals surface area contributed by atoms with E-state index in [4.69, 9.17) is 14.4 Å². The van der Waals surface area contributed by atoms with Crippen LogP contribution in [-0.4, -0.2) is 17.9 Å². The number of rotatable bonds is 5. The maximum absolute atomic E-state index is 9.28. The maximum atomic E-state index is 9.28. The van der Waals surface area contributed by atoms with Gasteiger partial charge in [-0.05, 0) is 76.3 Å². The van der Waals surface area contributed by atoms with Crippen molar-refractivity contribution in [2.24, 2.45) is 9.98 Å². The van der Waals surface area contributed by atoms with Gasteiger partial charge in [0.2, 0.25) is 0 Å². The van der Waals surface area contributed by atoms with Crippen LogP contribution in [0.25, 0.3) is 64.4 Å². The summed E-state index contributed by atoms with van der Waals surface area (Å²) in [5.41, 5.74) is 8.64. The van der Waals surface area contributed by atoms with Gasteiger partial charge >= 0.3 is 0 Å². The van der Waals surface area contributed by atoms with E-state index < -0.39 is 0 Å². The summed E-state index contributed by atoms with van der Waals surface area (Å²) >= 11 is 1.73. The van der Waals surface area contributed by atoms with E-state index in [1.807, 2.05) is 79.0 Å². The predicted octanol–water partition coefficient (Wildman–Crippen LogP) is 12.2. The number of benzene rings is 7. The van der Waals surface area contributed by atoms with Crippen LogP contribution in [0.1, 0.15) is 16.7 Å². The molecule has 0 atom stereocenters. The largest absolute Gasteiger partial charge is 0.456 e. The zero-order valence-corrected chi connectivity index (χ0v) is 27.7. The highest BCUT2D eigenvalue weighted by atomic mass is 32.1. The molecular formula is C45H29N3OS. The van der Waals surface area contributed by atoms with Crippen LogP contribution in [0.4, 0.5) is 0 Å². The van der Waals surface area contributed by atoms with Gasteiger partial charge in [-0.15, -0.1) is 11.3 Å². The minimum atomic E-state index is 0.128. The average Bonchev–Trinajstić information content (AvgIpc) is 3.75. The summed E-state index contributed by atoms with van der Waals surface area (Å²) < 4.78 is 8.51. The van der Waals surface area contributed by atoms with Crippen LogP contribution in [0.15, 0.2) is 178 Å². The molecule has 0 aliphatic rings. The van der Waals surface area contributed by atoms with Gasteiger partial charge in [-0.2, -0.15) is 0 Å². The lowest BCUT2D eigenvalue weighted by Crippen LogP contribution is -2.05. The first-order chi connectivity index (χ1) is 24.7. The summed E-state index contributed by atoms with van der Waals surface area (Å²) in [5.74, 6) is 0.615. The van der Waals surface area contributed by atoms with Gasteiger partial charge in [0.1, 0.15) is 11.2 Å². The van der Waals surface area contributed by atoms with Gasteiger partial charge in [-0.1, -0.05) is 115 Å². The molecular weight excluding hydrogens is 631 g/mol. The van der Waals surface area contributed by atoms with Crippen LogP contribution < -0.4 is 0 Å². The van der Waals surface area contributed by atoms with Crippen molar-refractivity contribution >= 4 is 71.3 Å². The fraction of sp³-hybridized carbons (Fsp3) is 0. The van der Waals surface area contributed by atoms with Crippen LogP contribution in [0.5, 0.6) is 0 Å². The topological polar surface area (TPSA) is 61.7 Å². The minimum absolute atomic E-state index is 0.128. The van der Waals surface area contributed by atoms with Crippen LogP contribution in [0.3, 0.4) is 0 Å². The highest BCUT2D eigenvalue weighted by Gasteiger charge is 2.15. The Bertz CT molecular complexity index is 2770. The first-order valence-corrected chi connectivity index (χ1v) is 17.3. The van der Waals surface area contributed by atoms with Gasteiger partial charge in [-0.25, -0.2) is 9.98 Å². The quantitative estimate of drug-likeness (QED) is 0.145. The Kier molecular flexibility index (Phi) is 7.45. The second-order valence-corrected chi connectivity index (χ2v) is 13.3.